The van der Waals surface area contributed by atoms with Crippen molar-refractivity contribution in [3.8, 4) is 17.2 Å². The third-order valence-electron chi connectivity index (χ3n) is 4.88. The number of allylic oxidation sites excluding steroid dienone is 5. The van der Waals surface area contributed by atoms with E-state index in [1.807, 2.05) is 58.0 Å². The monoisotopic (exact) mass is 420 g/mol. The molecule has 0 aliphatic rings. The molecule has 0 bridgehead atoms. The molecule has 0 saturated heterocycles. The average Bonchev–Trinajstić information content (AvgIpc) is 2.75. The minimum atomic E-state index is -0.257. The molecule has 31 heavy (non-hydrogen) atoms. The molecule has 0 aromatic heterocycles. The van der Waals surface area contributed by atoms with E-state index in [1.165, 1.54) is 11.6 Å². The molecule has 4 nitrogen and oxygen atoms in total. The van der Waals surface area contributed by atoms with Crippen LogP contribution in [0.2, 0.25) is 0 Å². The Morgan fingerprint density at radius 1 is 0.935 bits per heavy atom. The second kappa shape index (κ2) is 11.2. The van der Waals surface area contributed by atoms with Crippen molar-refractivity contribution in [2.24, 2.45) is 0 Å². The summed E-state index contributed by atoms with van der Waals surface area (Å²) >= 11 is 0. The zero-order valence-electron chi connectivity index (χ0n) is 19.3. The van der Waals surface area contributed by atoms with Crippen LogP contribution < -0.4 is 9.47 Å². The molecule has 0 radical (unpaired) electrons. The number of phenolic OH excluding ortho intramolecular Hbond substituents is 1. The highest BCUT2D eigenvalue weighted by molar-refractivity contribution is 6.09. The minimum Gasteiger partial charge on any atom is -0.507 e. The number of hydrogen-bond donors (Lipinski definition) is 1. The van der Waals surface area contributed by atoms with Crippen molar-refractivity contribution in [3.63, 3.8) is 0 Å². The quantitative estimate of drug-likeness (QED) is 0.293. The van der Waals surface area contributed by atoms with Gasteiger partial charge < -0.3 is 14.6 Å². The molecule has 0 atom stereocenters. The summed E-state index contributed by atoms with van der Waals surface area (Å²) in [6, 6.07) is 9.16. The van der Waals surface area contributed by atoms with Crippen LogP contribution in [-0.4, -0.2) is 25.1 Å². The fraction of sp³-hybridized carbons (Fsp3) is 0.296. The summed E-state index contributed by atoms with van der Waals surface area (Å²) in [6.45, 7) is 8.06. The molecular weight excluding hydrogens is 388 g/mol. The summed E-state index contributed by atoms with van der Waals surface area (Å²) < 4.78 is 10.8. The van der Waals surface area contributed by atoms with E-state index >= 15 is 0 Å². The number of carbonyl (C=O) groups is 1. The van der Waals surface area contributed by atoms with Gasteiger partial charge in [-0.1, -0.05) is 41.5 Å². The Morgan fingerprint density at radius 2 is 1.55 bits per heavy atom. The number of benzene rings is 2. The normalized spacial score (nSPS) is 10.6. The number of aromatic hydroxyl groups is 1. The molecule has 0 amide bonds. The third kappa shape index (κ3) is 6.61. The number of ketones is 1. The summed E-state index contributed by atoms with van der Waals surface area (Å²) in [5.41, 5.74) is 4.96. The molecule has 0 fully saturated rings. The van der Waals surface area contributed by atoms with Crippen LogP contribution in [-0.2, 0) is 12.8 Å². The number of ether oxygens (including phenoxy) is 2. The van der Waals surface area contributed by atoms with E-state index in [-0.39, 0.29) is 17.1 Å². The SMILES string of the molecule is COc1ccc(C=CC(=O)c2cc(CC=C(C)C)c(OC)c(CC=C(C)C)c2O)cc1. The van der Waals surface area contributed by atoms with Crippen molar-refractivity contribution >= 4 is 11.9 Å². The average molecular weight is 421 g/mol. The minimum absolute atomic E-state index is 0.0281. The van der Waals surface area contributed by atoms with Gasteiger partial charge in [0.1, 0.15) is 17.2 Å². The van der Waals surface area contributed by atoms with Crippen molar-refractivity contribution in [3.05, 3.63) is 82.0 Å². The molecule has 0 spiro atoms. The second-order valence-corrected chi connectivity index (χ2v) is 7.89. The lowest BCUT2D eigenvalue weighted by Gasteiger charge is -2.16. The van der Waals surface area contributed by atoms with Gasteiger partial charge in [0, 0.05) is 5.56 Å². The summed E-state index contributed by atoms with van der Waals surface area (Å²) in [5, 5.41) is 11.0. The van der Waals surface area contributed by atoms with Gasteiger partial charge in [-0.25, -0.2) is 0 Å². The number of hydrogen-bond acceptors (Lipinski definition) is 4. The van der Waals surface area contributed by atoms with Gasteiger partial charge in [-0.05, 0) is 75.9 Å². The van der Waals surface area contributed by atoms with Gasteiger partial charge in [0.05, 0.1) is 19.8 Å². The summed E-state index contributed by atoms with van der Waals surface area (Å²) in [5.74, 6) is 1.10. The molecule has 0 aliphatic carbocycles. The topological polar surface area (TPSA) is 55.8 Å². The highest BCUT2D eigenvalue weighted by atomic mass is 16.5. The fourth-order valence-corrected chi connectivity index (χ4v) is 3.15. The van der Waals surface area contributed by atoms with E-state index in [2.05, 4.69) is 6.08 Å². The van der Waals surface area contributed by atoms with E-state index in [9.17, 15) is 9.90 Å². The molecule has 1 N–H and O–H groups in total. The predicted octanol–water partition coefficient (Wildman–Crippen LogP) is 6.32. The Bertz CT molecular complexity index is 1000. The maximum atomic E-state index is 13.0. The van der Waals surface area contributed by atoms with Crippen molar-refractivity contribution in [1.29, 1.82) is 0 Å². The first-order valence-electron chi connectivity index (χ1n) is 10.3. The van der Waals surface area contributed by atoms with Gasteiger partial charge in [0.15, 0.2) is 5.78 Å². The molecule has 0 saturated carbocycles. The lowest BCUT2D eigenvalue weighted by atomic mass is 9.94. The smallest absolute Gasteiger partial charge is 0.189 e. The first-order valence-corrected chi connectivity index (χ1v) is 10.3. The molecule has 2 aromatic rings. The number of methoxy groups -OCH3 is 2. The molecule has 4 heteroatoms. The van der Waals surface area contributed by atoms with Crippen LogP contribution in [0.3, 0.4) is 0 Å². The number of phenols is 1. The Hall–Kier alpha value is -3.27. The van der Waals surface area contributed by atoms with Gasteiger partial charge >= 0.3 is 0 Å². The molecule has 2 rings (SSSR count). The highest BCUT2D eigenvalue weighted by Crippen LogP contribution is 2.37. The number of rotatable bonds is 9. The zero-order chi connectivity index (χ0) is 23.0. The fourth-order valence-electron chi connectivity index (χ4n) is 3.15. The lowest BCUT2D eigenvalue weighted by molar-refractivity contribution is 0.104. The van der Waals surface area contributed by atoms with E-state index < -0.39 is 0 Å². The van der Waals surface area contributed by atoms with Crippen molar-refractivity contribution in [2.75, 3.05) is 14.2 Å². The molecule has 164 valence electrons. The summed E-state index contributed by atoms with van der Waals surface area (Å²) in [7, 11) is 3.21. The van der Waals surface area contributed by atoms with Gasteiger partial charge in [-0.15, -0.1) is 0 Å². The molecule has 2 aromatic carbocycles. The van der Waals surface area contributed by atoms with Gasteiger partial charge in [-0.3, -0.25) is 4.79 Å². The van der Waals surface area contributed by atoms with Crippen LogP contribution in [0.25, 0.3) is 6.08 Å². The predicted molar refractivity (Wildman–Crippen MR) is 127 cm³/mol. The third-order valence-corrected chi connectivity index (χ3v) is 4.88. The van der Waals surface area contributed by atoms with E-state index in [0.717, 1.165) is 22.4 Å². The highest BCUT2D eigenvalue weighted by Gasteiger charge is 2.20. The van der Waals surface area contributed by atoms with Crippen LogP contribution in [0.5, 0.6) is 17.2 Å². The Balaban J connectivity index is 2.50. The van der Waals surface area contributed by atoms with Crippen LogP contribution in [0.1, 0.15) is 54.7 Å². The maximum absolute atomic E-state index is 13.0. The molecule has 0 heterocycles. The van der Waals surface area contributed by atoms with E-state index in [0.29, 0.717) is 24.2 Å². The molecular formula is C27H32O4. The largest absolute Gasteiger partial charge is 0.507 e. The molecule has 0 unspecified atom stereocenters. The van der Waals surface area contributed by atoms with Crippen LogP contribution in [0, 0.1) is 0 Å². The Kier molecular flexibility index (Phi) is 8.68. The lowest BCUT2D eigenvalue weighted by Crippen LogP contribution is -2.04. The first kappa shape index (κ1) is 24.0. The Morgan fingerprint density at radius 3 is 2.10 bits per heavy atom. The summed E-state index contributed by atoms with van der Waals surface area (Å²) in [6.07, 6.45) is 8.43. The van der Waals surface area contributed by atoms with Crippen LogP contribution in [0.4, 0.5) is 0 Å². The zero-order valence-corrected chi connectivity index (χ0v) is 19.3. The summed E-state index contributed by atoms with van der Waals surface area (Å²) in [4.78, 5) is 13.0. The first-order chi connectivity index (χ1) is 14.8. The standard InChI is InChI=1S/C27H32O4/c1-18(2)7-12-21-17-24(26(29)23(27(21)31-6)15-8-19(3)4)25(28)16-11-20-9-13-22(30-5)14-10-20/h7-11,13-14,16-17,29H,12,15H2,1-6H3. The van der Waals surface area contributed by atoms with Gasteiger partial charge in [-0.2, -0.15) is 0 Å². The van der Waals surface area contributed by atoms with Crippen molar-refractivity contribution in [1.82, 2.24) is 0 Å². The van der Waals surface area contributed by atoms with Crippen molar-refractivity contribution < 1.29 is 19.4 Å². The van der Waals surface area contributed by atoms with Gasteiger partial charge in [0.2, 0.25) is 0 Å². The second-order valence-electron chi connectivity index (χ2n) is 7.89. The Labute approximate surface area is 185 Å². The van der Waals surface area contributed by atoms with Gasteiger partial charge in [0.25, 0.3) is 0 Å². The van der Waals surface area contributed by atoms with Crippen LogP contribution in [0.15, 0.2) is 59.7 Å². The van der Waals surface area contributed by atoms with E-state index in [4.69, 9.17) is 9.47 Å². The van der Waals surface area contributed by atoms with Crippen LogP contribution >= 0.6 is 0 Å². The maximum Gasteiger partial charge on any atom is 0.189 e. The van der Waals surface area contributed by atoms with E-state index in [1.54, 1.807) is 26.4 Å². The van der Waals surface area contributed by atoms with Crippen molar-refractivity contribution in [2.45, 2.75) is 40.5 Å². The number of carbonyl (C=O) groups excluding carboxylic acids is 1. The molecule has 0 aliphatic heterocycles.